The molecule has 18 heavy (non-hydrogen) atoms. The molecule has 0 bridgehead atoms. The van der Waals surface area contributed by atoms with Crippen LogP contribution in [0, 0.1) is 0 Å². The minimum absolute atomic E-state index is 0.169. The SMILES string of the molecule is CCCNCc1cn(CCS(=O)(=O)C(C)C)cn1. The Morgan fingerprint density at radius 3 is 2.78 bits per heavy atom. The summed E-state index contributed by atoms with van der Waals surface area (Å²) in [6.07, 6.45) is 4.69. The standard InChI is InChI=1S/C12H23N3O2S/c1-4-5-13-8-12-9-15(10-14-12)6-7-18(16,17)11(2)3/h9-11,13H,4-8H2,1-3H3. The maximum Gasteiger partial charge on any atom is 0.154 e. The topological polar surface area (TPSA) is 64.0 Å². The number of aromatic nitrogens is 2. The molecule has 0 amide bonds. The Balaban J connectivity index is 2.45. The molecule has 0 aromatic carbocycles. The maximum atomic E-state index is 11.7. The van der Waals surface area contributed by atoms with Gasteiger partial charge in [-0.05, 0) is 26.8 Å². The Bertz CT molecular complexity index is 452. The molecular formula is C12H23N3O2S. The molecular weight excluding hydrogens is 250 g/mol. The summed E-state index contributed by atoms with van der Waals surface area (Å²) in [5, 5.41) is 2.95. The van der Waals surface area contributed by atoms with Gasteiger partial charge in [0.2, 0.25) is 0 Å². The van der Waals surface area contributed by atoms with Crippen LogP contribution in [0.2, 0.25) is 0 Å². The minimum Gasteiger partial charge on any atom is -0.336 e. The summed E-state index contributed by atoms with van der Waals surface area (Å²) in [5.74, 6) is 0.169. The summed E-state index contributed by atoms with van der Waals surface area (Å²) in [7, 11) is -2.97. The van der Waals surface area contributed by atoms with Crippen LogP contribution >= 0.6 is 0 Å². The Hall–Kier alpha value is -0.880. The van der Waals surface area contributed by atoms with Gasteiger partial charge in [0.25, 0.3) is 0 Å². The molecule has 0 atom stereocenters. The van der Waals surface area contributed by atoms with Crippen molar-refractivity contribution < 1.29 is 8.42 Å². The summed E-state index contributed by atoms with van der Waals surface area (Å²) in [4.78, 5) is 4.24. The number of sulfone groups is 1. The fourth-order valence-electron chi connectivity index (χ4n) is 1.48. The first-order valence-corrected chi connectivity index (χ1v) is 8.10. The number of hydrogen-bond acceptors (Lipinski definition) is 4. The third kappa shape index (κ3) is 4.78. The van der Waals surface area contributed by atoms with Gasteiger partial charge in [-0.1, -0.05) is 6.92 Å². The van der Waals surface area contributed by atoms with Crippen LogP contribution in [-0.2, 0) is 22.9 Å². The smallest absolute Gasteiger partial charge is 0.154 e. The van der Waals surface area contributed by atoms with E-state index >= 15 is 0 Å². The van der Waals surface area contributed by atoms with Crippen LogP contribution in [0.25, 0.3) is 0 Å². The first kappa shape index (κ1) is 15.2. The van der Waals surface area contributed by atoms with E-state index in [2.05, 4.69) is 17.2 Å². The van der Waals surface area contributed by atoms with E-state index in [1.807, 2.05) is 10.8 Å². The van der Waals surface area contributed by atoms with Crippen LogP contribution in [0.4, 0.5) is 0 Å². The molecule has 104 valence electrons. The zero-order valence-electron chi connectivity index (χ0n) is 11.4. The van der Waals surface area contributed by atoms with Gasteiger partial charge < -0.3 is 9.88 Å². The number of aryl methyl sites for hydroxylation is 1. The molecule has 0 spiro atoms. The lowest BCUT2D eigenvalue weighted by Crippen LogP contribution is -2.20. The predicted molar refractivity (Wildman–Crippen MR) is 73.1 cm³/mol. The highest BCUT2D eigenvalue weighted by Gasteiger charge is 2.15. The van der Waals surface area contributed by atoms with Gasteiger partial charge in [0.15, 0.2) is 9.84 Å². The highest BCUT2D eigenvalue weighted by Crippen LogP contribution is 2.03. The van der Waals surface area contributed by atoms with Crippen LogP contribution in [0.5, 0.6) is 0 Å². The molecule has 0 radical (unpaired) electrons. The maximum absolute atomic E-state index is 11.7. The molecule has 0 aliphatic rings. The fourth-order valence-corrected chi connectivity index (χ4v) is 2.42. The number of hydrogen-bond donors (Lipinski definition) is 1. The van der Waals surface area contributed by atoms with Gasteiger partial charge in [-0.25, -0.2) is 13.4 Å². The van der Waals surface area contributed by atoms with E-state index in [1.54, 1.807) is 20.2 Å². The molecule has 0 saturated heterocycles. The van der Waals surface area contributed by atoms with Gasteiger partial charge in [0.05, 0.1) is 23.0 Å². The van der Waals surface area contributed by atoms with E-state index in [0.717, 1.165) is 25.2 Å². The van der Waals surface area contributed by atoms with Crippen molar-refractivity contribution >= 4 is 9.84 Å². The molecule has 0 saturated carbocycles. The Morgan fingerprint density at radius 2 is 2.17 bits per heavy atom. The van der Waals surface area contributed by atoms with Gasteiger partial charge in [0, 0.05) is 19.3 Å². The predicted octanol–water partition coefficient (Wildman–Crippen LogP) is 1.21. The highest BCUT2D eigenvalue weighted by atomic mass is 32.2. The van der Waals surface area contributed by atoms with Gasteiger partial charge in [-0.3, -0.25) is 0 Å². The van der Waals surface area contributed by atoms with E-state index in [0.29, 0.717) is 6.54 Å². The third-order valence-electron chi connectivity index (χ3n) is 2.77. The van der Waals surface area contributed by atoms with Crippen LogP contribution in [0.15, 0.2) is 12.5 Å². The van der Waals surface area contributed by atoms with Crippen molar-refractivity contribution in [2.75, 3.05) is 12.3 Å². The average molecular weight is 273 g/mol. The van der Waals surface area contributed by atoms with E-state index in [9.17, 15) is 8.42 Å². The second-order valence-corrected chi connectivity index (χ2v) is 7.37. The normalized spacial score (nSPS) is 12.2. The lowest BCUT2D eigenvalue weighted by Gasteiger charge is -2.07. The monoisotopic (exact) mass is 273 g/mol. The summed E-state index contributed by atoms with van der Waals surface area (Å²) >= 11 is 0. The quantitative estimate of drug-likeness (QED) is 0.723. The number of imidazole rings is 1. The van der Waals surface area contributed by atoms with E-state index in [-0.39, 0.29) is 11.0 Å². The Morgan fingerprint density at radius 1 is 1.44 bits per heavy atom. The molecule has 0 aliphatic heterocycles. The van der Waals surface area contributed by atoms with E-state index in [4.69, 9.17) is 0 Å². The molecule has 0 unspecified atom stereocenters. The zero-order chi connectivity index (χ0) is 13.6. The molecule has 5 nitrogen and oxygen atoms in total. The van der Waals surface area contributed by atoms with Crippen LogP contribution in [0.1, 0.15) is 32.9 Å². The second-order valence-electron chi connectivity index (χ2n) is 4.70. The average Bonchev–Trinajstić information content (AvgIpc) is 2.75. The third-order valence-corrected chi connectivity index (χ3v) is 4.96. The van der Waals surface area contributed by atoms with Crippen molar-refractivity contribution in [3.05, 3.63) is 18.2 Å². The largest absolute Gasteiger partial charge is 0.336 e. The van der Waals surface area contributed by atoms with Gasteiger partial charge >= 0.3 is 0 Å². The fraction of sp³-hybridized carbons (Fsp3) is 0.750. The van der Waals surface area contributed by atoms with E-state index in [1.165, 1.54) is 0 Å². The number of nitrogens with zero attached hydrogens (tertiary/aromatic N) is 2. The Kier molecular flexibility index (Phi) is 5.81. The van der Waals surface area contributed by atoms with Crippen LogP contribution < -0.4 is 5.32 Å². The molecule has 6 heteroatoms. The summed E-state index contributed by atoms with van der Waals surface area (Å²) in [6, 6.07) is 0. The van der Waals surface area contributed by atoms with Crippen molar-refractivity contribution in [3.8, 4) is 0 Å². The number of nitrogens with one attached hydrogen (secondary N) is 1. The molecule has 0 fully saturated rings. The number of rotatable bonds is 8. The molecule has 0 aliphatic carbocycles. The summed E-state index contributed by atoms with van der Waals surface area (Å²) < 4.78 is 25.2. The highest BCUT2D eigenvalue weighted by molar-refractivity contribution is 7.91. The second kappa shape index (κ2) is 6.89. The molecule has 1 heterocycles. The van der Waals surface area contributed by atoms with E-state index < -0.39 is 9.84 Å². The first-order valence-electron chi connectivity index (χ1n) is 6.38. The first-order chi connectivity index (χ1) is 8.45. The van der Waals surface area contributed by atoms with Crippen LogP contribution in [-0.4, -0.2) is 35.5 Å². The van der Waals surface area contributed by atoms with Gasteiger partial charge in [-0.2, -0.15) is 0 Å². The van der Waals surface area contributed by atoms with Crippen molar-refractivity contribution in [1.82, 2.24) is 14.9 Å². The molecule has 1 aromatic rings. The Labute approximate surface area is 110 Å². The summed E-state index contributed by atoms with van der Waals surface area (Å²) in [6.45, 7) is 7.71. The zero-order valence-corrected chi connectivity index (χ0v) is 12.2. The molecule has 1 rings (SSSR count). The molecule has 1 aromatic heterocycles. The van der Waals surface area contributed by atoms with Crippen molar-refractivity contribution in [2.45, 2.75) is 45.5 Å². The lowest BCUT2D eigenvalue weighted by molar-refractivity contribution is 0.580. The van der Waals surface area contributed by atoms with Crippen molar-refractivity contribution in [2.24, 2.45) is 0 Å². The van der Waals surface area contributed by atoms with Gasteiger partial charge in [0.1, 0.15) is 0 Å². The summed E-state index contributed by atoms with van der Waals surface area (Å²) in [5.41, 5.74) is 0.949. The van der Waals surface area contributed by atoms with Crippen molar-refractivity contribution in [3.63, 3.8) is 0 Å². The van der Waals surface area contributed by atoms with Crippen molar-refractivity contribution in [1.29, 1.82) is 0 Å². The molecule has 1 N–H and O–H groups in total. The van der Waals surface area contributed by atoms with Gasteiger partial charge in [-0.15, -0.1) is 0 Å². The van der Waals surface area contributed by atoms with Crippen LogP contribution in [0.3, 0.4) is 0 Å². The lowest BCUT2D eigenvalue weighted by atomic mass is 10.4. The minimum atomic E-state index is -2.97.